The van der Waals surface area contributed by atoms with Crippen molar-refractivity contribution < 1.29 is 24.5 Å². The zero-order chi connectivity index (χ0) is 20.5. The number of nitrogens with zero attached hydrogens (tertiary/aromatic N) is 2. The molecule has 3 N–H and O–H groups in total. The molecule has 2 rings (SSSR count). The van der Waals surface area contributed by atoms with Gasteiger partial charge in [-0.3, -0.25) is 4.79 Å². The lowest BCUT2D eigenvalue weighted by atomic mass is 10.1. The minimum absolute atomic E-state index is 0.0842. The Morgan fingerprint density at radius 3 is 2.64 bits per heavy atom. The van der Waals surface area contributed by atoms with E-state index < -0.39 is 23.2 Å². The smallest absolute Gasteiger partial charge is 0.354 e. The van der Waals surface area contributed by atoms with Gasteiger partial charge in [0.25, 0.3) is 5.56 Å². The maximum Gasteiger partial charge on any atom is 0.354 e. The second kappa shape index (κ2) is 10.6. The van der Waals surface area contributed by atoms with Crippen LogP contribution in [0.1, 0.15) is 31.2 Å². The molecule has 1 aliphatic rings. The summed E-state index contributed by atoms with van der Waals surface area (Å²) in [5.74, 6) is -3.13. The molecule has 1 saturated heterocycles. The summed E-state index contributed by atoms with van der Waals surface area (Å²) in [4.78, 5) is 42.4. The van der Waals surface area contributed by atoms with E-state index in [1.807, 2.05) is 0 Å². The van der Waals surface area contributed by atoms with E-state index in [0.29, 0.717) is 12.5 Å². The molecule has 0 radical (unpaired) electrons. The van der Waals surface area contributed by atoms with Crippen molar-refractivity contribution >= 4 is 28.7 Å². The first kappa shape index (κ1) is 21.6. The van der Waals surface area contributed by atoms with Crippen LogP contribution in [0.4, 0.5) is 0 Å². The summed E-state index contributed by atoms with van der Waals surface area (Å²) in [6, 6.07) is 1.41. The van der Waals surface area contributed by atoms with Crippen LogP contribution in [-0.2, 0) is 9.59 Å². The molecular weight excluding hydrogens is 390 g/mol. The van der Waals surface area contributed by atoms with Crippen LogP contribution >= 0.6 is 11.6 Å². The van der Waals surface area contributed by atoms with Crippen LogP contribution in [0.15, 0.2) is 33.8 Å². The predicted octanol–water partition coefficient (Wildman–Crippen LogP) is 1.67. The number of carboxylic acid groups (broad SMARTS) is 2. The topological polar surface area (TPSA) is 132 Å². The molecule has 1 fully saturated rings. The van der Waals surface area contributed by atoms with E-state index in [2.05, 4.69) is 14.9 Å². The van der Waals surface area contributed by atoms with Crippen molar-refractivity contribution in [1.29, 1.82) is 0 Å². The highest BCUT2D eigenvalue weighted by Crippen LogP contribution is 2.18. The van der Waals surface area contributed by atoms with Gasteiger partial charge >= 0.3 is 11.9 Å². The van der Waals surface area contributed by atoms with E-state index in [4.69, 9.17) is 26.6 Å². The number of aliphatic carboxylic acids is 2. The second-order valence-corrected chi connectivity index (χ2v) is 6.59. The Morgan fingerprint density at radius 1 is 1.29 bits per heavy atom. The van der Waals surface area contributed by atoms with Gasteiger partial charge in [-0.1, -0.05) is 18.0 Å². The number of aliphatic imine (C=N–C) groups is 1. The molecule has 0 aromatic carbocycles. The van der Waals surface area contributed by atoms with E-state index in [1.165, 1.54) is 31.5 Å². The van der Waals surface area contributed by atoms with Gasteiger partial charge in [0.1, 0.15) is 5.17 Å². The standard InChI is InChI=1S/C18H22ClN3O6/c19-16(21-13(18(26)27)11-14(23)24)12-5-6-20-17(25)15(12)28-10-4-9-22-7-2-1-3-8-22/h5-6,11H,1-4,7-10H2,(H,20,25)(H,23,24)(H,26,27). The average molecular weight is 412 g/mol. The Labute approximate surface area is 166 Å². The maximum absolute atomic E-state index is 12.1. The molecule has 0 spiro atoms. The van der Waals surface area contributed by atoms with Gasteiger partial charge in [-0.2, -0.15) is 0 Å². The van der Waals surface area contributed by atoms with Gasteiger partial charge in [0.05, 0.1) is 18.2 Å². The van der Waals surface area contributed by atoms with Crippen LogP contribution in [0.5, 0.6) is 5.75 Å². The summed E-state index contributed by atoms with van der Waals surface area (Å²) in [6.07, 6.45) is 6.06. The number of piperidine rings is 1. The van der Waals surface area contributed by atoms with Crippen molar-refractivity contribution in [1.82, 2.24) is 9.88 Å². The number of carbonyl (C=O) groups is 2. The molecule has 1 aromatic heterocycles. The van der Waals surface area contributed by atoms with Crippen molar-refractivity contribution in [3.8, 4) is 5.75 Å². The summed E-state index contributed by atoms with van der Waals surface area (Å²) < 4.78 is 5.58. The number of aromatic nitrogens is 1. The van der Waals surface area contributed by atoms with E-state index in [-0.39, 0.29) is 23.1 Å². The van der Waals surface area contributed by atoms with E-state index in [1.54, 1.807) is 0 Å². The number of nitrogens with one attached hydrogen (secondary N) is 1. The van der Waals surface area contributed by atoms with E-state index in [0.717, 1.165) is 19.6 Å². The Morgan fingerprint density at radius 2 is 2.00 bits per heavy atom. The lowest BCUT2D eigenvalue weighted by Crippen LogP contribution is -2.31. The molecule has 0 bridgehead atoms. The number of hydrogen-bond acceptors (Lipinski definition) is 6. The predicted molar refractivity (Wildman–Crippen MR) is 103 cm³/mol. The van der Waals surface area contributed by atoms with Crippen LogP contribution < -0.4 is 10.3 Å². The fourth-order valence-corrected chi connectivity index (χ4v) is 3.08. The van der Waals surface area contributed by atoms with Gasteiger partial charge in [-0.05, 0) is 38.4 Å². The molecule has 1 aliphatic heterocycles. The minimum Gasteiger partial charge on any atom is -0.487 e. The fourth-order valence-electron chi connectivity index (χ4n) is 2.84. The highest BCUT2D eigenvalue weighted by Gasteiger charge is 2.16. The number of likely N-dealkylation sites (tertiary alicyclic amines) is 1. The lowest BCUT2D eigenvalue weighted by molar-refractivity contribution is -0.135. The van der Waals surface area contributed by atoms with Crippen LogP contribution in [0.25, 0.3) is 0 Å². The van der Waals surface area contributed by atoms with E-state index in [9.17, 15) is 14.4 Å². The molecule has 0 saturated carbocycles. The Hall–Kier alpha value is -2.65. The largest absolute Gasteiger partial charge is 0.487 e. The fraction of sp³-hybridized carbons (Fsp3) is 0.444. The first-order chi connectivity index (χ1) is 13.4. The third-order valence-corrected chi connectivity index (χ3v) is 4.44. The molecule has 9 nitrogen and oxygen atoms in total. The highest BCUT2D eigenvalue weighted by atomic mass is 35.5. The van der Waals surface area contributed by atoms with Gasteiger partial charge in [0, 0.05) is 12.7 Å². The number of pyridine rings is 1. The molecule has 2 heterocycles. The molecule has 152 valence electrons. The summed E-state index contributed by atoms with van der Waals surface area (Å²) in [6.45, 7) is 3.25. The maximum atomic E-state index is 12.1. The van der Waals surface area contributed by atoms with Crippen molar-refractivity contribution in [2.75, 3.05) is 26.2 Å². The van der Waals surface area contributed by atoms with Crippen LogP contribution in [0.2, 0.25) is 0 Å². The number of ether oxygens (including phenoxy) is 1. The molecule has 0 amide bonds. The Balaban J connectivity index is 2.11. The average Bonchev–Trinajstić information content (AvgIpc) is 2.66. The molecule has 28 heavy (non-hydrogen) atoms. The molecule has 10 heteroatoms. The summed E-state index contributed by atoms with van der Waals surface area (Å²) >= 11 is 6.05. The molecular formula is C18H22ClN3O6. The molecule has 0 unspecified atom stereocenters. The van der Waals surface area contributed by atoms with Crippen molar-refractivity contribution in [2.24, 2.45) is 4.99 Å². The number of carboxylic acids is 2. The van der Waals surface area contributed by atoms with Crippen LogP contribution in [0, 0.1) is 0 Å². The van der Waals surface area contributed by atoms with E-state index >= 15 is 0 Å². The molecule has 0 atom stereocenters. The van der Waals surface area contributed by atoms with Gasteiger partial charge in [0.15, 0.2) is 11.4 Å². The quantitative estimate of drug-likeness (QED) is 0.320. The molecule has 0 aliphatic carbocycles. The monoisotopic (exact) mass is 411 g/mol. The third kappa shape index (κ3) is 6.50. The zero-order valence-electron chi connectivity index (χ0n) is 15.2. The van der Waals surface area contributed by atoms with Gasteiger partial charge in [-0.25, -0.2) is 14.6 Å². The minimum atomic E-state index is -1.56. The second-order valence-electron chi connectivity index (χ2n) is 6.23. The van der Waals surface area contributed by atoms with Gasteiger partial charge in [-0.15, -0.1) is 0 Å². The van der Waals surface area contributed by atoms with Gasteiger partial charge < -0.3 is 24.8 Å². The number of hydrogen-bond donors (Lipinski definition) is 3. The number of rotatable bonds is 9. The Bertz CT molecular complexity index is 827. The number of halogens is 1. The third-order valence-electron chi connectivity index (χ3n) is 4.15. The summed E-state index contributed by atoms with van der Waals surface area (Å²) in [5.41, 5.74) is -1.22. The first-order valence-electron chi connectivity index (χ1n) is 8.88. The summed E-state index contributed by atoms with van der Waals surface area (Å²) in [5, 5.41) is 17.4. The summed E-state index contributed by atoms with van der Waals surface area (Å²) in [7, 11) is 0. The lowest BCUT2D eigenvalue weighted by Gasteiger charge is -2.26. The highest BCUT2D eigenvalue weighted by molar-refractivity contribution is 6.70. The Kier molecular flexibility index (Phi) is 8.21. The van der Waals surface area contributed by atoms with Gasteiger partial charge in [0.2, 0.25) is 0 Å². The zero-order valence-corrected chi connectivity index (χ0v) is 15.9. The SMILES string of the molecule is O=C(O)C=C(N=C(Cl)c1cc[nH]c(=O)c1OCCCN1CCCCC1)C(=O)O. The number of H-pyrrole nitrogens is 1. The first-order valence-corrected chi connectivity index (χ1v) is 9.25. The van der Waals surface area contributed by atoms with Crippen molar-refractivity contribution in [2.45, 2.75) is 25.7 Å². The molecule has 1 aromatic rings. The van der Waals surface area contributed by atoms with Crippen molar-refractivity contribution in [3.63, 3.8) is 0 Å². The normalized spacial score (nSPS) is 16.0. The van der Waals surface area contributed by atoms with Crippen LogP contribution in [-0.4, -0.2) is 63.4 Å². The van der Waals surface area contributed by atoms with Crippen molar-refractivity contribution in [3.05, 3.63) is 40.0 Å². The van der Waals surface area contributed by atoms with Crippen LogP contribution in [0.3, 0.4) is 0 Å². The number of aromatic amines is 1.